The van der Waals surface area contributed by atoms with Crippen molar-refractivity contribution in [2.75, 3.05) is 26.2 Å². The van der Waals surface area contributed by atoms with E-state index in [0.29, 0.717) is 22.2 Å². The van der Waals surface area contributed by atoms with Gasteiger partial charge in [-0.1, -0.05) is 18.5 Å². The van der Waals surface area contributed by atoms with Crippen LogP contribution in [0.2, 0.25) is 5.02 Å². The van der Waals surface area contributed by atoms with E-state index in [9.17, 15) is 4.39 Å². The molecule has 0 aliphatic carbocycles. The number of halogens is 2. The van der Waals surface area contributed by atoms with Gasteiger partial charge in [0.15, 0.2) is 5.82 Å². The lowest BCUT2D eigenvalue weighted by Gasteiger charge is -2.38. The first kappa shape index (κ1) is 17.9. The third-order valence-corrected chi connectivity index (χ3v) is 4.68. The average Bonchev–Trinajstić information content (AvgIpc) is 2.61. The van der Waals surface area contributed by atoms with Crippen molar-refractivity contribution in [3.05, 3.63) is 34.1 Å². The monoisotopic (exact) mass is 363 g/mol. The van der Waals surface area contributed by atoms with Gasteiger partial charge in [-0.2, -0.15) is 5.10 Å². The zero-order valence-corrected chi connectivity index (χ0v) is 15.6. The fourth-order valence-electron chi connectivity index (χ4n) is 3.09. The van der Waals surface area contributed by atoms with Crippen LogP contribution in [0.1, 0.15) is 32.8 Å². The molecule has 25 heavy (non-hydrogen) atoms. The highest BCUT2D eigenvalue weighted by atomic mass is 35.5. The Morgan fingerprint density at radius 1 is 1.40 bits per heavy atom. The van der Waals surface area contributed by atoms with E-state index in [-0.39, 0.29) is 0 Å². The first-order chi connectivity index (χ1) is 12.1. The quantitative estimate of drug-likeness (QED) is 0.812. The lowest BCUT2D eigenvalue weighted by molar-refractivity contribution is 0.323. The zero-order valence-electron chi connectivity index (χ0n) is 14.8. The smallest absolute Gasteiger partial charge is 0.227 e. The van der Waals surface area contributed by atoms with Gasteiger partial charge in [0.1, 0.15) is 5.69 Å². The summed E-state index contributed by atoms with van der Waals surface area (Å²) >= 11 is 6.12. The standard InChI is InChI=1S/C18H23ClFN5/c1-4-12(3)17-14-10-13(19)11-15(20)16(14)23-18(25(17)22-5-2)24-8-6-21-7-9-24/h5,10-11,21H,4,6-9H2,1-3H3. The number of guanidine groups is 1. The molecule has 0 radical (unpaired) electrons. The van der Waals surface area contributed by atoms with Crippen molar-refractivity contribution in [3.63, 3.8) is 0 Å². The van der Waals surface area contributed by atoms with Gasteiger partial charge in [-0.05, 0) is 38.0 Å². The molecule has 1 fully saturated rings. The minimum atomic E-state index is -0.406. The number of benzene rings is 1. The van der Waals surface area contributed by atoms with E-state index < -0.39 is 5.82 Å². The lowest BCUT2D eigenvalue weighted by Crippen LogP contribution is -2.51. The highest BCUT2D eigenvalue weighted by Crippen LogP contribution is 2.40. The highest BCUT2D eigenvalue weighted by molar-refractivity contribution is 6.31. The Morgan fingerprint density at radius 2 is 2.12 bits per heavy atom. The van der Waals surface area contributed by atoms with Gasteiger partial charge in [0, 0.05) is 43.0 Å². The van der Waals surface area contributed by atoms with E-state index in [0.717, 1.165) is 43.9 Å². The maximum Gasteiger partial charge on any atom is 0.227 e. The van der Waals surface area contributed by atoms with Crippen molar-refractivity contribution < 1.29 is 4.39 Å². The summed E-state index contributed by atoms with van der Waals surface area (Å²) < 4.78 is 14.6. The van der Waals surface area contributed by atoms with Gasteiger partial charge in [0.05, 0.1) is 5.70 Å². The molecule has 2 aliphatic rings. The van der Waals surface area contributed by atoms with Crippen LogP contribution in [0, 0.1) is 5.82 Å². The minimum absolute atomic E-state index is 0.336. The number of allylic oxidation sites excluding steroid dienone is 1. The fraction of sp³-hybridized carbons (Fsp3) is 0.444. The molecule has 0 bridgehead atoms. The molecule has 2 heterocycles. The van der Waals surface area contributed by atoms with E-state index in [1.807, 2.05) is 18.9 Å². The SMILES string of the molecule is CC=NN1C(N2CCNCC2)=Nc2c(F)cc(Cl)cc2C1=C(C)CC. The first-order valence-corrected chi connectivity index (χ1v) is 8.96. The number of fused-ring (bicyclic) bond motifs is 1. The first-order valence-electron chi connectivity index (χ1n) is 8.59. The number of aliphatic imine (C=N–C) groups is 1. The summed E-state index contributed by atoms with van der Waals surface area (Å²) in [6.07, 6.45) is 2.56. The minimum Gasteiger partial charge on any atom is -0.338 e. The Kier molecular flexibility index (Phi) is 5.39. The molecule has 0 atom stereocenters. The number of nitrogens with one attached hydrogen (secondary N) is 1. The van der Waals surface area contributed by atoms with Crippen molar-refractivity contribution in [3.8, 4) is 0 Å². The van der Waals surface area contributed by atoms with E-state index in [4.69, 9.17) is 11.6 Å². The Bertz CT molecular complexity index is 750. The molecular weight excluding hydrogens is 341 g/mol. The van der Waals surface area contributed by atoms with Gasteiger partial charge in [-0.25, -0.2) is 14.4 Å². The Hall–Kier alpha value is -1.92. The largest absolute Gasteiger partial charge is 0.338 e. The van der Waals surface area contributed by atoms with Crippen LogP contribution in [0.15, 0.2) is 27.8 Å². The summed E-state index contributed by atoms with van der Waals surface area (Å²) in [6.45, 7) is 9.32. The molecule has 0 spiro atoms. The van der Waals surface area contributed by atoms with Gasteiger partial charge in [-0.3, -0.25) is 0 Å². The third-order valence-electron chi connectivity index (χ3n) is 4.46. The number of piperazine rings is 1. The van der Waals surface area contributed by atoms with Crippen LogP contribution >= 0.6 is 11.6 Å². The molecular formula is C18H23ClFN5. The molecule has 3 rings (SSSR count). The van der Waals surface area contributed by atoms with Gasteiger partial charge in [0.2, 0.25) is 5.96 Å². The Labute approximate surface area is 152 Å². The van der Waals surface area contributed by atoms with Crippen LogP contribution in [0.5, 0.6) is 0 Å². The number of rotatable bonds is 2. The van der Waals surface area contributed by atoms with Crippen molar-refractivity contribution in [2.24, 2.45) is 10.1 Å². The van der Waals surface area contributed by atoms with Crippen LogP contribution in [0.3, 0.4) is 0 Å². The topological polar surface area (TPSA) is 43.2 Å². The molecule has 1 saturated heterocycles. The summed E-state index contributed by atoms with van der Waals surface area (Å²) in [4.78, 5) is 6.78. The van der Waals surface area contributed by atoms with Crippen LogP contribution in [0.4, 0.5) is 10.1 Å². The summed E-state index contributed by atoms with van der Waals surface area (Å²) in [7, 11) is 0. The number of hydrogen-bond acceptors (Lipinski definition) is 5. The Balaban J connectivity index is 2.24. The fourth-order valence-corrected chi connectivity index (χ4v) is 3.30. The predicted molar refractivity (Wildman–Crippen MR) is 102 cm³/mol. The lowest BCUT2D eigenvalue weighted by atomic mass is 10.0. The van der Waals surface area contributed by atoms with Crippen molar-refractivity contribution in [2.45, 2.75) is 27.2 Å². The number of nitrogens with zero attached hydrogens (tertiary/aromatic N) is 4. The molecule has 0 saturated carbocycles. The van der Waals surface area contributed by atoms with Crippen molar-refractivity contribution in [1.29, 1.82) is 0 Å². The predicted octanol–water partition coefficient (Wildman–Crippen LogP) is 3.83. The molecule has 1 aromatic rings. The van der Waals surface area contributed by atoms with E-state index in [2.05, 4.69) is 27.2 Å². The van der Waals surface area contributed by atoms with E-state index in [1.165, 1.54) is 6.07 Å². The maximum absolute atomic E-state index is 14.6. The summed E-state index contributed by atoms with van der Waals surface area (Å²) in [5, 5.41) is 10.0. The van der Waals surface area contributed by atoms with Crippen LogP contribution in [0.25, 0.3) is 5.70 Å². The molecule has 0 amide bonds. The molecule has 7 heteroatoms. The molecule has 1 aromatic carbocycles. The highest BCUT2D eigenvalue weighted by Gasteiger charge is 2.32. The third kappa shape index (κ3) is 3.41. The summed E-state index contributed by atoms with van der Waals surface area (Å²) in [6, 6.07) is 3.08. The second-order valence-corrected chi connectivity index (χ2v) is 6.54. The van der Waals surface area contributed by atoms with Crippen molar-refractivity contribution >= 4 is 35.2 Å². The second-order valence-electron chi connectivity index (χ2n) is 6.10. The van der Waals surface area contributed by atoms with Crippen LogP contribution in [-0.2, 0) is 0 Å². The van der Waals surface area contributed by atoms with Crippen LogP contribution < -0.4 is 5.32 Å². The normalized spacial score (nSPS) is 20.0. The molecule has 2 aliphatic heterocycles. The molecule has 1 N–H and O–H groups in total. The summed E-state index contributed by atoms with van der Waals surface area (Å²) in [5.41, 5.74) is 2.99. The van der Waals surface area contributed by atoms with Gasteiger partial charge in [0.25, 0.3) is 0 Å². The van der Waals surface area contributed by atoms with Gasteiger partial charge >= 0.3 is 0 Å². The van der Waals surface area contributed by atoms with Gasteiger partial charge in [-0.15, -0.1) is 0 Å². The molecule has 0 unspecified atom stereocenters. The second kappa shape index (κ2) is 7.54. The molecule has 134 valence electrons. The Morgan fingerprint density at radius 3 is 2.76 bits per heavy atom. The summed E-state index contributed by atoms with van der Waals surface area (Å²) in [5.74, 6) is 0.257. The average molecular weight is 364 g/mol. The molecule has 0 aromatic heterocycles. The zero-order chi connectivity index (χ0) is 18.0. The number of hydrazone groups is 1. The van der Waals surface area contributed by atoms with E-state index >= 15 is 0 Å². The van der Waals surface area contributed by atoms with Crippen LogP contribution in [-0.4, -0.2) is 48.3 Å². The molecule has 5 nitrogen and oxygen atoms in total. The van der Waals surface area contributed by atoms with E-state index in [1.54, 1.807) is 12.3 Å². The van der Waals surface area contributed by atoms with Gasteiger partial charge < -0.3 is 10.2 Å². The van der Waals surface area contributed by atoms with Crippen molar-refractivity contribution in [1.82, 2.24) is 15.2 Å². The maximum atomic E-state index is 14.6. The number of hydrogen-bond donors (Lipinski definition) is 1.